The van der Waals surface area contributed by atoms with Gasteiger partial charge in [-0.05, 0) is 35.4 Å². The Balaban J connectivity index is 1.38. The van der Waals surface area contributed by atoms with E-state index in [0.717, 1.165) is 16.3 Å². The lowest BCUT2D eigenvalue weighted by molar-refractivity contribution is -0.152. The number of fused-ring (bicyclic) bond motifs is 2. The number of carbonyl (C=O) groups excluding carboxylic acids is 2. The lowest BCUT2D eigenvalue weighted by Crippen LogP contribution is -2.30. The Bertz CT molecular complexity index is 1040. The quantitative estimate of drug-likeness (QED) is 0.687. The van der Waals surface area contributed by atoms with Crippen LogP contribution in [0.5, 0.6) is 11.5 Å². The van der Waals surface area contributed by atoms with Gasteiger partial charge < -0.3 is 19.5 Å². The van der Waals surface area contributed by atoms with E-state index >= 15 is 0 Å². The normalized spacial score (nSPS) is 13.2. The molecule has 1 atom stereocenters. The topological polar surface area (TPSA) is 73.9 Å². The van der Waals surface area contributed by atoms with Crippen molar-refractivity contribution in [3.05, 3.63) is 66.2 Å². The van der Waals surface area contributed by atoms with Gasteiger partial charge in [0.25, 0.3) is 5.91 Å². The van der Waals surface area contributed by atoms with E-state index in [0.29, 0.717) is 17.2 Å². The number of rotatable bonds is 5. The summed E-state index contributed by atoms with van der Waals surface area (Å²) in [6, 6.07) is 18.7. The number of benzene rings is 3. The van der Waals surface area contributed by atoms with E-state index in [9.17, 15) is 9.59 Å². The fraction of sp³-hybridized carbons (Fsp3) is 0.182. The monoisotopic (exact) mass is 377 g/mol. The first kappa shape index (κ1) is 17.9. The summed E-state index contributed by atoms with van der Waals surface area (Å²) in [6.07, 6.45) is -0.823. The maximum atomic E-state index is 12.4. The Morgan fingerprint density at radius 1 is 1.04 bits per heavy atom. The van der Waals surface area contributed by atoms with E-state index < -0.39 is 18.0 Å². The molecule has 0 aliphatic carbocycles. The number of hydrogen-bond donors (Lipinski definition) is 1. The Hall–Kier alpha value is -3.54. The average Bonchev–Trinajstić information content (AvgIpc) is 3.16. The molecule has 0 fully saturated rings. The van der Waals surface area contributed by atoms with Gasteiger partial charge in [-0.25, -0.2) is 0 Å². The fourth-order valence-corrected chi connectivity index (χ4v) is 3.11. The third-order valence-corrected chi connectivity index (χ3v) is 4.53. The number of anilines is 1. The molecule has 142 valence electrons. The van der Waals surface area contributed by atoms with Crippen molar-refractivity contribution in [1.29, 1.82) is 0 Å². The molecule has 1 aliphatic rings. The standard InChI is InChI=1S/C22H19NO5/c1-14(22(25)23-17-9-10-19-20(12-17)27-13-26-19)28-21(24)11-16-7-4-6-15-5-2-3-8-18(15)16/h2-10,12,14H,11,13H2,1H3,(H,23,25). The van der Waals surface area contributed by atoms with Gasteiger partial charge in [0.2, 0.25) is 6.79 Å². The highest BCUT2D eigenvalue weighted by Gasteiger charge is 2.20. The summed E-state index contributed by atoms with van der Waals surface area (Å²) in [7, 11) is 0. The molecule has 4 rings (SSSR count). The lowest BCUT2D eigenvalue weighted by Gasteiger charge is -2.14. The summed E-state index contributed by atoms with van der Waals surface area (Å²) in [5.74, 6) is 0.334. The minimum atomic E-state index is -0.923. The van der Waals surface area contributed by atoms with E-state index in [2.05, 4.69) is 5.32 Å². The van der Waals surface area contributed by atoms with Gasteiger partial charge in [-0.15, -0.1) is 0 Å². The molecule has 1 unspecified atom stereocenters. The third-order valence-electron chi connectivity index (χ3n) is 4.53. The molecule has 0 radical (unpaired) electrons. The largest absolute Gasteiger partial charge is 0.454 e. The molecule has 1 N–H and O–H groups in total. The zero-order valence-electron chi connectivity index (χ0n) is 15.3. The molecular formula is C22H19NO5. The minimum absolute atomic E-state index is 0.100. The Morgan fingerprint density at radius 2 is 1.82 bits per heavy atom. The fourth-order valence-electron chi connectivity index (χ4n) is 3.11. The first-order chi connectivity index (χ1) is 13.6. The third kappa shape index (κ3) is 3.76. The summed E-state index contributed by atoms with van der Waals surface area (Å²) < 4.78 is 15.9. The molecular weight excluding hydrogens is 358 g/mol. The number of carbonyl (C=O) groups is 2. The van der Waals surface area contributed by atoms with E-state index in [4.69, 9.17) is 14.2 Å². The maximum absolute atomic E-state index is 12.4. The van der Waals surface area contributed by atoms with Crippen LogP contribution in [0.1, 0.15) is 12.5 Å². The molecule has 0 aromatic heterocycles. The van der Waals surface area contributed by atoms with Crippen LogP contribution in [0.3, 0.4) is 0 Å². The van der Waals surface area contributed by atoms with E-state index in [-0.39, 0.29) is 13.2 Å². The van der Waals surface area contributed by atoms with Crippen LogP contribution >= 0.6 is 0 Å². The molecule has 0 bridgehead atoms. The van der Waals surface area contributed by atoms with Crippen LogP contribution < -0.4 is 14.8 Å². The van der Waals surface area contributed by atoms with E-state index in [1.54, 1.807) is 25.1 Å². The van der Waals surface area contributed by atoms with Gasteiger partial charge in [0.05, 0.1) is 6.42 Å². The van der Waals surface area contributed by atoms with Crippen LogP contribution in [0.2, 0.25) is 0 Å². The van der Waals surface area contributed by atoms with Crippen LogP contribution in [-0.2, 0) is 20.7 Å². The minimum Gasteiger partial charge on any atom is -0.454 e. The van der Waals surface area contributed by atoms with Crippen LogP contribution in [-0.4, -0.2) is 24.8 Å². The van der Waals surface area contributed by atoms with Gasteiger partial charge in [0.15, 0.2) is 17.6 Å². The van der Waals surface area contributed by atoms with Crippen LogP contribution in [0.25, 0.3) is 10.8 Å². The predicted molar refractivity (Wildman–Crippen MR) is 104 cm³/mol. The number of nitrogens with one attached hydrogen (secondary N) is 1. The summed E-state index contributed by atoms with van der Waals surface area (Å²) >= 11 is 0. The summed E-state index contributed by atoms with van der Waals surface area (Å²) in [4.78, 5) is 24.7. The molecule has 1 aliphatic heterocycles. The van der Waals surface area contributed by atoms with Crippen LogP contribution in [0.15, 0.2) is 60.7 Å². The molecule has 0 spiro atoms. The van der Waals surface area contributed by atoms with Crippen molar-refractivity contribution in [3.8, 4) is 11.5 Å². The zero-order valence-corrected chi connectivity index (χ0v) is 15.3. The predicted octanol–water partition coefficient (Wildman–Crippen LogP) is 3.68. The van der Waals surface area contributed by atoms with E-state index in [1.807, 2.05) is 42.5 Å². The second-order valence-corrected chi connectivity index (χ2v) is 6.50. The maximum Gasteiger partial charge on any atom is 0.311 e. The lowest BCUT2D eigenvalue weighted by atomic mass is 10.0. The average molecular weight is 377 g/mol. The van der Waals surface area contributed by atoms with Crippen LogP contribution in [0, 0.1) is 0 Å². The van der Waals surface area contributed by atoms with Gasteiger partial charge in [-0.2, -0.15) is 0 Å². The molecule has 0 saturated carbocycles. The highest BCUT2D eigenvalue weighted by Crippen LogP contribution is 2.34. The first-order valence-electron chi connectivity index (χ1n) is 8.97. The van der Waals surface area contributed by atoms with Crippen molar-refractivity contribution in [2.75, 3.05) is 12.1 Å². The highest BCUT2D eigenvalue weighted by atomic mass is 16.7. The molecule has 6 nitrogen and oxygen atoms in total. The zero-order chi connectivity index (χ0) is 19.5. The van der Waals surface area contributed by atoms with Crippen molar-refractivity contribution in [2.24, 2.45) is 0 Å². The van der Waals surface area contributed by atoms with Crippen molar-refractivity contribution in [3.63, 3.8) is 0 Å². The van der Waals surface area contributed by atoms with Crippen molar-refractivity contribution >= 4 is 28.3 Å². The second-order valence-electron chi connectivity index (χ2n) is 6.50. The number of ether oxygens (including phenoxy) is 3. The Kier molecular flexibility index (Phi) is 4.85. The summed E-state index contributed by atoms with van der Waals surface area (Å²) in [5, 5.41) is 4.77. The van der Waals surface area contributed by atoms with Crippen molar-refractivity contribution < 1.29 is 23.8 Å². The number of esters is 1. The highest BCUT2D eigenvalue weighted by molar-refractivity contribution is 5.96. The van der Waals surface area contributed by atoms with Gasteiger partial charge in [0.1, 0.15) is 0 Å². The molecule has 0 saturated heterocycles. The van der Waals surface area contributed by atoms with Crippen molar-refractivity contribution in [2.45, 2.75) is 19.4 Å². The Labute approximate surface area is 162 Å². The first-order valence-corrected chi connectivity index (χ1v) is 8.97. The van der Waals surface area contributed by atoms with Crippen LogP contribution in [0.4, 0.5) is 5.69 Å². The molecule has 1 heterocycles. The second kappa shape index (κ2) is 7.60. The summed E-state index contributed by atoms with van der Waals surface area (Å²) in [5.41, 5.74) is 1.41. The van der Waals surface area contributed by atoms with E-state index in [1.165, 1.54) is 0 Å². The van der Waals surface area contributed by atoms with Gasteiger partial charge in [-0.1, -0.05) is 42.5 Å². The van der Waals surface area contributed by atoms with Gasteiger partial charge in [-0.3, -0.25) is 9.59 Å². The SMILES string of the molecule is CC(OC(=O)Cc1cccc2ccccc12)C(=O)Nc1ccc2c(c1)OCO2. The molecule has 1 amide bonds. The number of amides is 1. The number of hydrogen-bond acceptors (Lipinski definition) is 5. The molecule has 3 aromatic rings. The Morgan fingerprint density at radius 3 is 2.71 bits per heavy atom. The summed E-state index contributed by atoms with van der Waals surface area (Å²) in [6.45, 7) is 1.71. The molecule has 3 aromatic carbocycles. The molecule has 28 heavy (non-hydrogen) atoms. The smallest absolute Gasteiger partial charge is 0.311 e. The van der Waals surface area contributed by atoms with Gasteiger partial charge in [0, 0.05) is 11.8 Å². The van der Waals surface area contributed by atoms with Gasteiger partial charge >= 0.3 is 5.97 Å². The molecule has 6 heteroatoms. The van der Waals surface area contributed by atoms with Crippen molar-refractivity contribution in [1.82, 2.24) is 0 Å².